The highest BCUT2D eigenvalue weighted by Gasteiger charge is 2.59. The van der Waals surface area contributed by atoms with E-state index in [2.05, 4.69) is 0 Å². The maximum absolute atomic E-state index is 8.69. The minimum atomic E-state index is -1.23. The van der Waals surface area contributed by atoms with Gasteiger partial charge in [0.05, 0.1) is 0 Å². The Labute approximate surface area is 75.8 Å². The molecule has 1 aromatic rings. The van der Waals surface area contributed by atoms with Crippen molar-refractivity contribution >= 4 is 0 Å². The summed E-state index contributed by atoms with van der Waals surface area (Å²) >= 11 is 0. The summed E-state index contributed by atoms with van der Waals surface area (Å²) in [5.74, 6) is 0. The molecule has 0 saturated carbocycles. The lowest BCUT2D eigenvalue weighted by Gasteiger charge is -1.92. The Bertz CT molecular complexity index is 385. The zero-order chi connectivity index (χ0) is 9.31. The van der Waals surface area contributed by atoms with Crippen LogP contribution in [0.4, 0.5) is 0 Å². The molecule has 1 aromatic carbocycles. The molecule has 1 aliphatic rings. The predicted octanol–water partition coefficient (Wildman–Crippen LogP) is 1.54. The Morgan fingerprint density at radius 2 is 1.77 bits per heavy atom. The lowest BCUT2D eigenvalue weighted by molar-refractivity contribution is 0.369. The van der Waals surface area contributed by atoms with E-state index in [1.54, 1.807) is 0 Å². The van der Waals surface area contributed by atoms with Gasteiger partial charge >= 0.3 is 0 Å². The van der Waals surface area contributed by atoms with E-state index in [1.165, 1.54) is 0 Å². The lowest BCUT2D eigenvalue weighted by atomic mass is 10.0. The van der Waals surface area contributed by atoms with E-state index >= 15 is 0 Å². The van der Waals surface area contributed by atoms with Crippen LogP contribution in [0.1, 0.15) is 11.7 Å². The van der Waals surface area contributed by atoms with E-state index in [1.807, 2.05) is 42.5 Å². The number of ether oxygens (including phenoxy) is 1. The Balaban J connectivity index is 2.27. The number of nitrogens with zero attached hydrogens (tertiary/aromatic N) is 2. The molecule has 13 heavy (non-hydrogen) atoms. The van der Waals surface area contributed by atoms with Crippen molar-refractivity contribution in [3.05, 3.63) is 35.9 Å². The summed E-state index contributed by atoms with van der Waals surface area (Å²) in [6, 6.07) is 13.0. The molecule has 1 fully saturated rings. The number of nitriles is 2. The molecule has 0 amide bonds. The summed E-state index contributed by atoms with van der Waals surface area (Å²) < 4.78 is 5.07. The second-order valence-electron chi connectivity index (χ2n) is 2.87. The maximum atomic E-state index is 8.69. The van der Waals surface area contributed by atoms with Crippen LogP contribution in [0, 0.1) is 22.7 Å². The van der Waals surface area contributed by atoms with Crippen LogP contribution in [0.3, 0.4) is 0 Å². The monoisotopic (exact) mass is 170 g/mol. The molecule has 3 nitrogen and oxygen atoms in total. The van der Waals surface area contributed by atoms with Crippen molar-refractivity contribution in [2.75, 3.05) is 0 Å². The standard InChI is InChI=1S/C10H6N2O/c11-6-10(7-12)9(13-10)8-4-2-1-3-5-8/h1-5,9H/t9-/m0/s1. The third-order valence-electron chi connectivity index (χ3n) is 2.05. The quantitative estimate of drug-likeness (QED) is 0.600. The first-order valence-electron chi connectivity index (χ1n) is 3.88. The summed E-state index contributed by atoms with van der Waals surface area (Å²) in [6.07, 6.45) is -0.372. The van der Waals surface area contributed by atoms with Crippen molar-refractivity contribution < 1.29 is 4.74 Å². The van der Waals surface area contributed by atoms with Crippen LogP contribution in [0.15, 0.2) is 30.3 Å². The maximum Gasteiger partial charge on any atom is 0.272 e. The molecule has 0 unspecified atom stereocenters. The van der Waals surface area contributed by atoms with Crippen LogP contribution >= 0.6 is 0 Å². The van der Waals surface area contributed by atoms with Gasteiger partial charge in [-0.25, -0.2) is 0 Å². The van der Waals surface area contributed by atoms with Gasteiger partial charge in [-0.05, 0) is 5.56 Å². The van der Waals surface area contributed by atoms with Gasteiger partial charge in [0.2, 0.25) is 0 Å². The summed E-state index contributed by atoms with van der Waals surface area (Å²) in [6.45, 7) is 0. The smallest absolute Gasteiger partial charge is 0.272 e. The predicted molar refractivity (Wildman–Crippen MR) is 44.2 cm³/mol. The zero-order valence-electron chi connectivity index (χ0n) is 6.77. The molecular weight excluding hydrogens is 164 g/mol. The van der Waals surface area contributed by atoms with Gasteiger partial charge in [-0.3, -0.25) is 0 Å². The average molecular weight is 170 g/mol. The molecule has 3 heteroatoms. The second-order valence-corrected chi connectivity index (χ2v) is 2.87. The van der Waals surface area contributed by atoms with E-state index in [-0.39, 0.29) is 6.10 Å². The average Bonchev–Trinajstić information content (AvgIpc) is 2.95. The summed E-state index contributed by atoms with van der Waals surface area (Å²) in [7, 11) is 0. The third kappa shape index (κ3) is 1.07. The van der Waals surface area contributed by atoms with E-state index in [0.717, 1.165) is 5.56 Å². The van der Waals surface area contributed by atoms with Crippen molar-refractivity contribution in [2.45, 2.75) is 11.7 Å². The topological polar surface area (TPSA) is 60.1 Å². The Hall–Kier alpha value is -1.84. The number of hydrogen-bond donors (Lipinski definition) is 0. The van der Waals surface area contributed by atoms with Gasteiger partial charge in [-0.1, -0.05) is 30.3 Å². The molecule has 0 aliphatic carbocycles. The van der Waals surface area contributed by atoms with Gasteiger partial charge in [0.1, 0.15) is 18.2 Å². The molecule has 2 rings (SSSR count). The van der Waals surface area contributed by atoms with Gasteiger partial charge in [0, 0.05) is 0 Å². The van der Waals surface area contributed by atoms with Gasteiger partial charge in [-0.15, -0.1) is 0 Å². The minimum absolute atomic E-state index is 0.372. The van der Waals surface area contributed by atoms with Gasteiger partial charge in [0.15, 0.2) is 0 Å². The second kappa shape index (κ2) is 2.58. The zero-order valence-corrected chi connectivity index (χ0v) is 6.77. The third-order valence-corrected chi connectivity index (χ3v) is 2.05. The van der Waals surface area contributed by atoms with Crippen LogP contribution < -0.4 is 0 Å². The van der Waals surface area contributed by atoms with E-state index in [9.17, 15) is 0 Å². The summed E-state index contributed by atoms with van der Waals surface area (Å²) in [5, 5.41) is 17.4. The first-order valence-corrected chi connectivity index (χ1v) is 3.88. The number of hydrogen-bond acceptors (Lipinski definition) is 3. The van der Waals surface area contributed by atoms with Crippen molar-refractivity contribution in [3.8, 4) is 12.1 Å². The van der Waals surface area contributed by atoms with E-state index < -0.39 is 5.60 Å². The van der Waals surface area contributed by atoms with Crippen LogP contribution in [0.2, 0.25) is 0 Å². The molecule has 1 aliphatic heterocycles. The van der Waals surface area contributed by atoms with Crippen molar-refractivity contribution in [3.63, 3.8) is 0 Å². The molecule has 1 atom stereocenters. The van der Waals surface area contributed by atoms with Gasteiger partial charge < -0.3 is 4.74 Å². The molecule has 1 saturated heterocycles. The largest absolute Gasteiger partial charge is 0.332 e. The fraction of sp³-hybridized carbons (Fsp3) is 0.200. The SMILES string of the molecule is N#CC1(C#N)O[C@H]1c1ccccc1. The van der Waals surface area contributed by atoms with Crippen molar-refractivity contribution in [2.24, 2.45) is 0 Å². The van der Waals surface area contributed by atoms with Crippen molar-refractivity contribution in [1.29, 1.82) is 10.5 Å². The number of epoxide rings is 1. The number of rotatable bonds is 1. The fourth-order valence-electron chi connectivity index (χ4n) is 1.28. The van der Waals surface area contributed by atoms with Gasteiger partial charge in [0.25, 0.3) is 5.60 Å². The van der Waals surface area contributed by atoms with Crippen molar-refractivity contribution in [1.82, 2.24) is 0 Å². The van der Waals surface area contributed by atoms with Crippen LogP contribution in [0.25, 0.3) is 0 Å². The van der Waals surface area contributed by atoms with Gasteiger partial charge in [-0.2, -0.15) is 10.5 Å². The minimum Gasteiger partial charge on any atom is -0.332 e. The van der Waals surface area contributed by atoms with Crippen LogP contribution in [-0.4, -0.2) is 5.60 Å². The molecule has 0 radical (unpaired) electrons. The summed E-state index contributed by atoms with van der Waals surface area (Å²) in [4.78, 5) is 0. The highest BCUT2D eigenvalue weighted by molar-refractivity contribution is 5.38. The Kier molecular flexibility index (Phi) is 1.55. The number of benzene rings is 1. The molecule has 0 N–H and O–H groups in total. The lowest BCUT2D eigenvalue weighted by Crippen LogP contribution is -2.04. The molecule has 0 spiro atoms. The van der Waals surface area contributed by atoms with E-state index in [0.29, 0.717) is 0 Å². The first-order chi connectivity index (χ1) is 6.32. The fourth-order valence-corrected chi connectivity index (χ4v) is 1.28. The van der Waals surface area contributed by atoms with E-state index in [4.69, 9.17) is 15.3 Å². The Morgan fingerprint density at radius 3 is 2.23 bits per heavy atom. The highest BCUT2D eigenvalue weighted by Crippen LogP contribution is 2.48. The van der Waals surface area contributed by atoms with Crippen LogP contribution in [-0.2, 0) is 4.74 Å². The molecule has 0 bridgehead atoms. The van der Waals surface area contributed by atoms with Crippen LogP contribution in [0.5, 0.6) is 0 Å². The molecular formula is C10H6N2O. The molecule has 0 aromatic heterocycles. The normalized spacial score (nSPS) is 22.8. The highest BCUT2D eigenvalue weighted by atomic mass is 16.6. The first kappa shape index (κ1) is 7.79. The summed E-state index contributed by atoms with van der Waals surface area (Å²) in [5.41, 5.74) is -0.355. The molecule has 1 heterocycles. The molecule has 62 valence electrons. The Morgan fingerprint density at radius 1 is 1.15 bits per heavy atom.